The van der Waals surface area contributed by atoms with E-state index in [2.05, 4.69) is 46.3 Å². The number of alkyl halides is 1. The number of rotatable bonds is 4. The lowest BCUT2D eigenvalue weighted by atomic mass is 10.0. The molecular weight excluding hydrogens is 304 g/mol. The quantitative estimate of drug-likeness (QED) is 0.772. The average Bonchev–Trinajstić information content (AvgIpc) is 2.47. The van der Waals surface area contributed by atoms with Crippen molar-refractivity contribution >= 4 is 15.9 Å². The number of aryl methyl sites for hydroxylation is 1. The van der Waals surface area contributed by atoms with Crippen LogP contribution >= 0.6 is 15.9 Å². The van der Waals surface area contributed by atoms with Crippen LogP contribution in [0.25, 0.3) is 0 Å². The van der Waals surface area contributed by atoms with Gasteiger partial charge in [-0.3, -0.25) is 0 Å². The second-order valence-corrected chi connectivity index (χ2v) is 5.28. The second kappa shape index (κ2) is 6.11. The molecule has 0 aliphatic heterocycles. The van der Waals surface area contributed by atoms with Gasteiger partial charge in [-0.05, 0) is 41.8 Å². The molecular formula is C16H17BrO2. The van der Waals surface area contributed by atoms with Gasteiger partial charge in [0.25, 0.3) is 0 Å². The van der Waals surface area contributed by atoms with Gasteiger partial charge in [-0.15, -0.1) is 0 Å². The molecule has 1 unspecified atom stereocenters. The van der Waals surface area contributed by atoms with Crippen molar-refractivity contribution in [1.82, 2.24) is 0 Å². The van der Waals surface area contributed by atoms with Crippen LogP contribution in [0.4, 0.5) is 0 Å². The summed E-state index contributed by atoms with van der Waals surface area (Å²) < 4.78 is 10.5. The van der Waals surface area contributed by atoms with Crippen molar-refractivity contribution in [1.29, 1.82) is 0 Å². The van der Waals surface area contributed by atoms with Crippen molar-refractivity contribution in [2.75, 3.05) is 14.2 Å². The molecule has 2 nitrogen and oxygen atoms in total. The highest BCUT2D eigenvalue weighted by Gasteiger charge is 2.12. The lowest BCUT2D eigenvalue weighted by Gasteiger charge is -2.14. The van der Waals surface area contributed by atoms with E-state index in [4.69, 9.17) is 9.47 Å². The van der Waals surface area contributed by atoms with Gasteiger partial charge in [-0.25, -0.2) is 0 Å². The molecule has 2 aromatic rings. The highest BCUT2D eigenvalue weighted by atomic mass is 79.9. The molecule has 0 amide bonds. The molecule has 0 bridgehead atoms. The summed E-state index contributed by atoms with van der Waals surface area (Å²) in [7, 11) is 3.37. The van der Waals surface area contributed by atoms with Crippen LogP contribution < -0.4 is 9.47 Å². The summed E-state index contributed by atoms with van der Waals surface area (Å²) in [5.74, 6) is 1.78. The zero-order valence-electron chi connectivity index (χ0n) is 11.3. The minimum atomic E-state index is 0.146. The average molecular weight is 321 g/mol. The van der Waals surface area contributed by atoms with Crippen LogP contribution in [0.3, 0.4) is 0 Å². The third-order valence-electron chi connectivity index (χ3n) is 3.13. The Morgan fingerprint density at radius 3 is 2.11 bits per heavy atom. The molecule has 0 aliphatic carbocycles. The zero-order chi connectivity index (χ0) is 13.8. The summed E-state index contributed by atoms with van der Waals surface area (Å²) in [6, 6.07) is 14.3. The maximum Gasteiger partial charge on any atom is 0.122 e. The summed E-state index contributed by atoms with van der Waals surface area (Å²) in [4.78, 5) is 0.146. The Labute approximate surface area is 122 Å². The zero-order valence-corrected chi connectivity index (χ0v) is 12.9. The van der Waals surface area contributed by atoms with Gasteiger partial charge >= 0.3 is 0 Å². The molecule has 0 aliphatic rings. The Morgan fingerprint density at radius 1 is 0.895 bits per heavy atom. The molecule has 0 radical (unpaired) electrons. The van der Waals surface area contributed by atoms with E-state index in [0.717, 1.165) is 17.1 Å². The lowest BCUT2D eigenvalue weighted by molar-refractivity contribution is 0.411. The molecule has 0 spiro atoms. The minimum absolute atomic E-state index is 0.146. The largest absolute Gasteiger partial charge is 0.497 e. The summed E-state index contributed by atoms with van der Waals surface area (Å²) in [5, 5.41) is 0. The fourth-order valence-electron chi connectivity index (χ4n) is 1.96. The number of methoxy groups -OCH3 is 2. The van der Waals surface area contributed by atoms with Crippen LogP contribution in [-0.2, 0) is 0 Å². The fraction of sp³-hybridized carbons (Fsp3) is 0.250. The third kappa shape index (κ3) is 3.10. The summed E-state index contributed by atoms with van der Waals surface area (Å²) in [6.07, 6.45) is 0. The highest BCUT2D eigenvalue weighted by molar-refractivity contribution is 9.09. The van der Waals surface area contributed by atoms with Gasteiger partial charge in [0.1, 0.15) is 11.5 Å². The lowest BCUT2D eigenvalue weighted by Crippen LogP contribution is -1.95. The van der Waals surface area contributed by atoms with E-state index in [1.54, 1.807) is 14.2 Å². The number of hydrogen-bond acceptors (Lipinski definition) is 2. The molecule has 2 rings (SSSR count). The molecule has 0 fully saturated rings. The van der Waals surface area contributed by atoms with Crippen LogP contribution in [0.2, 0.25) is 0 Å². The highest BCUT2D eigenvalue weighted by Crippen LogP contribution is 2.34. The van der Waals surface area contributed by atoms with Gasteiger partial charge in [0.2, 0.25) is 0 Å². The first-order valence-corrected chi connectivity index (χ1v) is 7.00. The van der Waals surface area contributed by atoms with E-state index < -0.39 is 0 Å². The van der Waals surface area contributed by atoms with Gasteiger partial charge in [0, 0.05) is 0 Å². The minimum Gasteiger partial charge on any atom is -0.497 e. The Morgan fingerprint density at radius 2 is 1.53 bits per heavy atom. The van der Waals surface area contributed by atoms with Gasteiger partial charge < -0.3 is 9.47 Å². The van der Waals surface area contributed by atoms with Gasteiger partial charge in [0.05, 0.1) is 19.0 Å². The van der Waals surface area contributed by atoms with E-state index in [1.165, 1.54) is 11.1 Å². The summed E-state index contributed by atoms with van der Waals surface area (Å²) in [6.45, 7) is 2.04. The van der Waals surface area contributed by atoms with E-state index in [1.807, 2.05) is 19.1 Å². The monoisotopic (exact) mass is 320 g/mol. The Balaban J connectivity index is 2.29. The molecule has 3 heteroatoms. The smallest absolute Gasteiger partial charge is 0.122 e. The molecule has 0 saturated carbocycles. The second-order valence-electron chi connectivity index (χ2n) is 4.36. The molecule has 0 N–H and O–H groups in total. The van der Waals surface area contributed by atoms with Gasteiger partial charge in [-0.1, -0.05) is 40.2 Å². The molecule has 2 aromatic carbocycles. The van der Waals surface area contributed by atoms with Crippen LogP contribution in [0.5, 0.6) is 11.5 Å². The Kier molecular flexibility index (Phi) is 4.48. The van der Waals surface area contributed by atoms with Crippen molar-refractivity contribution < 1.29 is 9.47 Å². The van der Waals surface area contributed by atoms with Crippen LogP contribution in [0.1, 0.15) is 21.5 Å². The number of hydrogen-bond donors (Lipinski definition) is 0. The standard InChI is InChI=1S/C16H17BrO2/c1-11-4-5-13(10-15(11)19-3)16(17)12-6-8-14(18-2)9-7-12/h4-10,16H,1-3H3. The molecule has 100 valence electrons. The summed E-state index contributed by atoms with van der Waals surface area (Å²) in [5.41, 5.74) is 3.50. The number of halogens is 1. The van der Waals surface area contributed by atoms with Crippen LogP contribution in [0, 0.1) is 6.92 Å². The molecule has 0 saturated heterocycles. The molecule has 1 atom stereocenters. The number of ether oxygens (including phenoxy) is 2. The predicted molar refractivity (Wildman–Crippen MR) is 81.5 cm³/mol. The third-order valence-corrected chi connectivity index (χ3v) is 4.19. The first-order chi connectivity index (χ1) is 9.15. The molecule has 0 aromatic heterocycles. The fourth-order valence-corrected chi connectivity index (χ4v) is 2.55. The maximum atomic E-state index is 5.37. The first kappa shape index (κ1) is 13.9. The predicted octanol–water partition coefficient (Wildman–Crippen LogP) is 4.50. The maximum absolute atomic E-state index is 5.37. The van der Waals surface area contributed by atoms with Crippen LogP contribution in [0.15, 0.2) is 42.5 Å². The van der Waals surface area contributed by atoms with E-state index in [9.17, 15) is 0 Å². The first-order valence-electron chi connectivity index (χ1n) is 6.08. The van der Waals surface area contributed by atoms with Crippen molar-refractivity contribution in [3.8, 4) is 11.5 Å². The van der Waals surface area contributed by atoms with Crippen molar-refractivity contribution in [2.24, 2.45) is 0 Å². The Bertz CT molecular complexity index is 549. The SMILES string of the molecule is COc1ccc(C(Br)c2ccc(C)c(OC)c2)cc1. The van der Waals surface area contributed by atoms with E-state index in [0.29, 0.717) is 0 Å². The molecule has 19 heavy (non-hydrogen) atoms. The number of benzene rings is 2. The summed E-state index contributed by atoms with van der Waals surface area (Å²) >= 11 is 3.73. The normalized spacial score (nSPS) is 12.0. The van der Waals surface area contributed by atoms with Gasteiger partial charge in [0.15, 0.2) is 0 Å². The molecule has 0 heterocycles. The van der Waals surface area contributed by atoms with E-state index in [-0.39, 0.29) is 4.83 Å². The van der Waals surface area contributed by atoms with Gasteiger partial charge in [-0.2, -0.15) is 0 Å². The van der Waals surface area contributed by atoms with Crippen molar-refractivity contribution in [3.63, 3.8) is 0 Å². The Hall–Kier alpha value is -1.48. The topological polar surface area (TPSA) is 18.5 Å². The van der Waals surface area contributed by atoms with E-state index >= 15 is 0 Å². The van der Waals surface area contributed by atoms with Crippen LogP contribution in [-0.4, -0.2) is 14.2 Å². The van der Waals surface area contributed by atoms with Crippen molar-refractivity contribution in [2.45, 2.75) is 11.8 Å². The van der Waals surface area contributed by atoms with Crippen molar-refractivity contribution in [3.05, 3.63) is 59.2 Å².